The van der Waals surface area contributed by atoms with Crippen LogP contribution in [0.3, 0.4) is 0 Å². The van der Waals surface area contributed by atoms with Crippen LogP contribution in [0, 0.1) is 22.7 Å². The minimum absolute atomic E-state index is 0.0172. The lowest BCUT2D eigenvalue weighted by Crippen LogP contribution is -2.15. The molecule has 1 N–H and O–H groups in total. The largest absolute Gasteiger partial charge is 0.457 e. The van der Waals surface area contributed by atoms with Crippen molar-refractivity contribution in [3.05, 3.63) is 167 Å². The van der Waals surface area contributed by atoms with Gasteiger partial charge in [0, 0.05) is 16.7 Å². The van der Waals surface area contributed by atoms with Crippen LogP contribution in [0.25, 0.3) is 28.7 Å². The fourth-order valence-corrected chi connectivity index (χ4v) is 4.50. The van der Waals surface area contributed by atoms with Gasteiger partial charge in [-0.15, -0.1) is 0 Å². The van der Waals surface area contributed by atoms with E-state index in [1.807, 2.05) is 134 Å². The number of nitrogens with one attached hydrogen (secondary N) is 1. The molecule has 0 atom stereocenters. The molecule has 9 nitrogen and oxygen atoms in total. The van der Waals surface area contributed by atoms with E-state index in [9.17, 15) is 10.1 Å². The molecule has 0 radical (unpaired) electrons. The third-order valence-corrected chi connectivity index (χ3v) is 6.91. The van der Waals surface area contributed by atoms with E-state index in [4.69, 9.17) is 24.3 Å². The van der Waals surface area contributed by atoms with E-state index in [0.29, 0.717) is 22.8 Å². The number of aromatic amines is 1. The van der Waals surface area contributed by atoms with Crippen molar-refractivity contribution in [1.82, 2.24) is 9.97 Å². The molecule has 6 aromatic rings. The maximum Gasteiger partial charge on any atom is 0.373 e. The van der Waals surface area contributed by atoms with E-state index in [1.54, 1.807) is 24.3 Å². The van der Waals surface area contributed by atoms with Gasteiger partial charge in [0.15, 0.2) is 0 Å². The number of allylic oxidation sites excluding steroid dienone is 1. The van der Waals surface area contributed by atoms with Gasteiger partial charge in [-0.1, -0.05) is 85.8 Å². The first-order chi connectivity index (χ1) is 24.5. The van der Waals surface area contributed by atoms with Crippen molar-refractivity contribution < 1.29 is 19.1 Å². The summed E-state index contributed by atoms with van der Waals surface area (Å²) in [6.45, 7) is 1.97. The number of benzene rings is 5. The molecule has 0 saturated carbocycles. The Balaban J connectivity index is 0.000000222. The van der Waals surface area contributed by atoms with Gasteiger partial charge in [0.1, 0.15) is 40.5 Å². The van der Waals surface area contributed by atoms with E-state index in [-0.39, 0.29) is 11.7 Å². The predicted molar refractivity (Wildman–Crippen MR) is 189 cm³/mol. The molecule has 6 rings (SSSR count). The zero-order valence-corrected chi connectivity index (χ0v) is 26.9. The summed E-state index contributed by atoms with van der Waals surface area (Å²) in [5.74, 6) is 3.41. The van der Waals surface area contributed by atoms with Crippen LogP contribution in [-0.2, 0) is 9.59 Å². The lowest BCUT2D eigenvalue weighted by molar-refractivity contribution is -0.191. The van der Waals surface area contributed by atoms with Crippen molar-refractivity contribution in [1.29, 1.82) is 10.5 Å². The lowest BCUT2D eigenvalue weighted by Gasteiger charge is -2.09. The molecule has 0 saturated heterocycles. The fourth-order valence-electron chi connectivity index (χ4n) is 4.50. The monoisotopic (exact) mass is 658 g/mol. The van der Waals surface area contributed by atoms with E-state index >= 15 is 0 Å². The van der Waals surface area contributed by atoms with Gasteiger partial charge in [-0.3, -0.25) is 4.79 Å². The molecular formula is C41H30N4O5. The Morgan fingerprint density at radius 3 is 1.60 bits per heavy atom. The standard InChI is InChI=1S/C23H15N3O2.C17H15NO.CO2/c24-15-20-21(25-22(26-23(20)27)17-7-3-1-4-8-17)16-11-13-19(14-12-16)28-18-9-5-2-6-10-18;1-2-14(13-18)12-15-8-10-17(11-9-15)19-16-6-4-3-5-7-16;2-1-3/h1-14H,(H,25,26,27);3-12H,2H2,1H3;/b;14-12-;. The zero-order chi connectivity index (χ0) is 35.6. The molecule has 50 heavy (non-hydrogen) atoms. The molecule has 0 bridgehead atoms. The van der Waals surface area contributed by atoms with E-state index in [2.05, 4.69) is 16.0 Å². The Labute approximate surface area is 289 Å². The maximum atomic E-state index is 12.4. The first kappa shape index (κ1) is 35.5. The van der Waals surface area contributed by atoms with Gasteiger partial charge in [0.25, 0.3) is 5.56 Å². The third-order valence-electron chi connectivity index (χ3n) is 6.91. The maximum absolute atomic E-state index is 12.4. The molecular weight excluding hydrogens is 628 g/mol. The van der Waals surface area contributed by atoms with E-state index in [0.717, 1.165) is 40.4 Å². The van der Waals surface area contributed by atoms with Crippen LogP contribution in [0.1, 0.15) is 24.5 Å². The number of nitrogens with zero attached hydrogens (tertiary/aromatic N) is 3. The Hall–Kier alpha value is -7.32. The van der Waals surface area contributed by atoms with Crippen molar-refractivity contribution in [2.45, 2.75) is 13.3 Å². The minimum atomic E-state index is -0.462. The number of ether oxygens (including phenoxy) is 2. The molecule has 1 aromatic heterocycles. The summed E-state index contributed by atoms with van der Waals surface area (Å²) >= 11 is 0. The van der Waals surface area contributed by atoms with Crippen LogP contribution in [0.15, 0.2) is 150 Å². The summed E-state index contributed by atoms with van der Waals surface area (Å²) in [5, 5.41) is 18.3. The van der Waals surface area contributed by atoms with E-state index in [1.165, 1.54) is 0 Å². The van der Waals surface area contributed by atoms with Crippen LogP contribution >= 0.6 is 0 Å². The second-order valence-corrected chi connectivity index (χ2v) is 10.3. The van der Waals surface area contributed by atoms with Crippen molar-refractivity contribution in [2.75, 3.05) is 0 Å². The number of nitriles is 2. The first-order valence-electron chi connectivity index (χ1n) is 15.3. The third kappa shape index (κ3) is 10.3. The first-order valence-corrected chi connectivity index (χ1v) is 15.3. The Bertz CT molecular complexity index is 2180. The molecule has 244 valence electrons. The zero-order valence-electron chi connectivity index (χ0n) is 26.9. The molecule has 9 heteroatoms. The van der Waals surface area contributed by atoms with Crippen molar-refractivity contribution in [2.24, 2.45) is 0 Å². The van der Waals surface area contributed by atoms with Crippen LogP contribution < -0.4 is 15.0 Å². The van der Waals surface area contributed by atoms with Crippen molar-refractivity contribution in [3.8, 4) is 57.8 Å². The van der Waals surface area contributed by atoms with Crippen LogP contribution in [0.5, 0.6) is 23.0 Å². The number of carbonyl (C=O) groups excluding carboxylic acids is 2. The van der Waals surface area contributed by atoms with Gasteiger partial charge >= 0.3 is 6.15 Å². The minimum Gasteiger partial charge on any atom is -0.457 e. The van der Waals surface area contributed by atoms with Gasteiger partial charge in [-0.2, -0.15) is 20.1 Å². The van der Waals surface area contributed by atoms with Crippen LogP contribution in [0.2, 0.25) is 0 Å². The number of para-hydroxylation sites is 2. The molecule has 0 spiro atoms. The molecule has 1 heterocycles. The highest BCUT2D eigenvalue weighted by Crippen LogP contribution is 2.27. The number of hydrogen-bond acceptors (Lipinski definition) is 8. The highest BCUT2D eigenvalue weighted by Gasteiger charge is 2.14. The van der Waals surface area contributed by atoms with Gasteiger partial charge in [-0.05, 0) is 78.7 Å². The molecule has 0 fully saturated rings. The van der Waals surface area contributed by atoms with Crippen molar-refractivity contribution in [3.63, 3.8) is 0 Å². The molecule has 0 aliphatic heterocycles. The van der Waals surface area contributed by atoms with Gasteiger partial charge in [-0.25, -0.2) is 4.98 Å². The molecule has 0 amide bonds. The lowest BCUT2D eigenvalue weighted by atomic mass is 10.1. The second kappa shape index (κ2) is 18.7. The smallest absolute Gasteiger partial charge is 0.373 e. The Morgan fingerprint density at radius 1 is 0.680 bits per heavy atom. The quantitative estimate of drug-likeness (QED) is 0.159. The van der Waals surface area contributed by atoms with Crippen molar-refractivity contribution >= 4 is 12.2 Å². The summed E-state index contributed by atoms with van der Waals surface area (Å²) in [7, 11) is 0. The van der Waals surface area contributed by atoms with Crippen LogP contribution in [0.4, 0.5) is 0 Å². The van der Waals surface area contributed by atoms with Gasteiger partial charge in [0.2, 0.25) is 0 Å². The van der Waals surface area contributed by atoms with E-state index < -0.39 is 5.56 Å². The van der Waals surface area contributed by atoms with Gasteiger partial charge in [0.05, 0.1) is 11.8 Å². The number of H-pyrrole nitrogens is 1. The number of rotatable bonds is 8. The number of hydrogen-bond donors (Lipinski definition) is 1. The molecule has 0 aliphatic rings. The Kier molecular flexibility index (Phi) is 13.3. The summed E-state index contributed by atoms with van der Waals surface area (Å²) in [4.78, 5) is 35.9. The summed E-state index contributed by atoms with van der Waals surface area (Å²) in [6.07, 6.45) is 2.89. The normalized spacial score (nSPS) is 10.0. The summed E-state index contributed by atoms with van der Waals surface area (Å²) in [5.41, 5.74) is 3.09. The average Bonchev–Trinajstić information content (AvgIpc) is 3.16. The molecule has 0 aliphatic carbocycles. The van der Waals surface area contributed by atoms with Gasteiger partial charge < -0.3 is 14.5 Å². The van der Waals surface area contributed by atoms with Crippen LogP contribution in [-0.4, -0.2) is 16.1 Å². The average molecular weight is 659 g/mol. The SMILES string of the molecule is CC/C(C#N)=C/c1ccc(Oc2ccccc2)cc1.N#Cc1c(-c2ccc(Oc3ccccc3)cc2)nc(-c2ccccc2)[nH]c1=O.O=C=O. The summed E-state index contributed by atoms with van der Waals surface area (Å²) < 4.78 is 11.5. The second-order valence-electron chi connectivity index (χ2n) is 10.3. The fraction of sp³-hybridized carbons (Fsp3) is 0.0488. The number of aromatic nitrogens is 2. The predicted octanol–water partition coefficient (Wildman–Crippen LogP) is 8.98. The molecule has 0 unspecified atom stereocenters. The highest BCUT2D eigenvalue weighted by atomic mass is 16.5. The Morgan fingerprint density at radius 2 is 1.14 bits per heavy atom. The highest BCUT2D eigenvalue weighted by molar-refractivity contribution is 5.69. The molecule has 5 aromatic carbocycles. The topological polar surface area (TPSA) is 146 Å². The summed E-state index contributed by atoms with van der Waals surface area (Å²) in [6, 6.07) is 47.4.